The van der Waals surface area contributed by atoms with Gasteiger partial charge in [0.05, 0.1) is 5.41 Å². The Morgan fingerprint density at radius 1 is 1.09 bits per heavy atom. The van der Waals surface area contributed by atoms with E-state index < -0.39 is 17.4 Å². The van der Waals surface area contributed by atoms with Crippen LogP contribution in [0.3, 0.4) is 0 Å². The number of hydrogen-bond acceptors (Lipinski definition) is 3. The van der Waals surface area contributed by atoms with Gasteiger partial charge >= 0.3 is 11.9 Å². The molecule has 1 unspecified atom stereocenters. The van der Waals surface area contributed by atoms with Crippen LogP contribution in [0.1, 0.15) is 13.3 Å². The fraction of sp³-hybridized carbons (Fsp3) is 0.188. The van der Waals surface area contributed by atoms with Crippen LogP contribution < -0.4 is 11.5 Å². The van der Waals surface area contributed by atoms with Gasteiger partial charge in [0.15, 0.2) is 5.96 Å². The van der Waals surface area contributed by atoms with Crippen molar-refractivity contribution in [3.05, 3.63) is 60.2 Å². The molecule has 1 aliphatic carbocycles. The largest absolute Gasteiger partial charge is 0.481 e. The standard InChI is InChI=1S/C9H10O4.C6H6.CH5N3/c1-9(8(12)13)4-2-3-6(5-9)7(10)11;1-2-4-6-5-3-1;2-1(3)4/h2-4H,5H2,1H3,(H,10,11)(H,12,13);1-6H;(H5,2,3,4). The van der Waals surface area contributed by atoms with Crippen LogP contribution >= 0.6 is 0 Å². The van der Waals surface area contributed by atoms with Crippen molar-refractivity contribution in [1.82, 2.24) is 0 Å². The second-order valence-electron chi connectivity index (χ2n) is 4.87. The predicted octanol–water partition coefficient (Wildman–Crippen LogP) is 1.57. The van der Waals surface area contributed by atoms with Gasteiger partial charge in [-0.25, -0.2) is 4.79 Å². The van der Waals surface area contributed by atoms with Gasteiger partial charge in [-0.1, -0.05) is 54.6 Å². The van der Waals surface area contributed by atoms with Crippen LogP contribution in [-0.4, -0.2) is 28.1 Å². The van der Waals surface area contributed by atoms with E-state index in [9.17, 15) is 9.59 Å². The minimum absolute atomic E-state index is 0.0359. The Morgan fingerprint density at radius 2 is 1.48 bits per heavy atom. The van der Waals surface area contributed by atoms with Gasteiger partial charge in [0, 0.05) is 5.57 Å². The molecule has 7 nitrogen and oxygen atoms in total. The Kier molecular flexibility index (Phi) is 8.46. The molecule has 1 atom stereocenters. The van der Waals surface area contributed by atoms with E-state index in [1.165, 1.54) is 25.2 Å². The first-order chi connectivity index (χ1) is 10.7. The number of carboxylic acids is 2. The van der Waals surface area contributed by atoms with Gasteiger partial charge in [0.2, 0.25) is 0 Å². The zero-order valence-electron chi connectivity index (χ0n) is 12.8. The second-order valence-corrected chi connectivity index (χ2v) is 4.87. The van der Waals surface area contributed by atoms with Crippen LogP contribution in [0.4, 0.5) is 0 Å². The number of carbonyl (C=O) groups is 2. The molecular formula is C16H21N3O4. The van der Waals surface area contributed by atoms with Crippen LogP contribution in [0.5, 0.6) is 0 Å². The molecule has 0 spiro atoms. The third kappa shape index (κ3) is 8.71. The highest BCUT2D eigenvalue weighted by molar-refractivity contribution is 5.90. The molecule has 0 heterocycles. The lowest BCUT2D eigenvalue weighted by Gasteiger charge is -2.23. The topological polar surface area (TPSA) is 150 Å². The molecule has 0 amide bonds. The maximum Gasteiger partial charge on any atom is 0.331 e. The molecule has 0 saturated carbocycles. The van der Waals surface area contributed by atoms with Crippen molar-refractivity contribution in [2.24, 2.45) is 16.9 Å². The molecule has 0 fully saturated rings. The SMILES string of the molecule is CC1(C(=O)O)C=CC=C(C(=O)O)C1.N=C(N)N.c1ccccc1. The van der Waals surface area contributed by atoms with Crippen LogP contribution in [0.25, 0.3) is 0 Å². The third-order valence-corrected chi connectivity index (χ3v) is 2.75. The summed E-state index contributed by atoms with van der Waals surface area (Å²) in [5, 5.41) is 23.5. The summed E-state index contributed by atoms with van der Waals surface area (Å²) in [4.78, 5) is 21.3. The number of allylic oxidation sites excluding steroid dienone is 2. The van der Waals surface area contributed by atoms with Crippen LogP contribution in [0.2, 0.25) is 0 Å². The summed E-state index contributed by atoms with van der Waals surface area (Å²) in [6.45, 7) is 1.50. The Balaban J connectivity index is 0.000000398. The quantitative estimate of drug-likeness (QED) is 0.412. The molecule has 2 rings (SSSR count). The average Bonchev–Trinajstić information content (AvgIpc) is 2.49. The number of guanidine groups is 1. The fourth-order valence-corrected chi connectivity index (χ4v) is 1.57. The molecule has 0 radical (unpaired) electrons. The molecule has 0 aromatic heterocycles. The van der Waals surface area contributed by atoms with E-state index in [1.54, 1.807) is 0 Å². The molecule has 124 valence electrons. The van der Waals surface area contributed by atoms with E-state index in [-0.39, 0.29) is 18.0 Å². The number of nitrogens with two attached hydrogens (primary N) is 2. The van der Waals surface area contributed by atoms with Gasteiger partial charge in [0.1, 0.15) is 0 Å². The van der Waals surface area contributed by atoms with Crippen LogP contribution in [0, 0.1) is 10.8 Å². The van der Waals surface area contributed by atoms with Gasteiger partial charge in [-0.05, 0) is 13.3 Å². The summed E-state index contributed by atoms with van der Waals surface area (Å²) in [5.74, 6) is -2.40. The van der Waals surface area contributed by atoms with Crippen molar-refractivity contribution in [3.63, 3.8) is 0 Å². The van der Waals surface area contributed by atoms with E-state index in [4.69, 9.17) is 15.6 Å². The molecule has 0 saturated heterocycles. The van der Waals surface area contributed by atoms with Gasteiger partial charge < -0.3 is 21.7 Å². The van der Waals surface area contributed by atoms with Gasteiger partial charge in [-0.3, -0.25) is 10.2 Å². The lowest BCUT2D eigenvalue weighted by Crippen LogP contribution is -2.28. The number of rotatable bonds is 2. The number of nitrogens with one attached hydrogen (secondary N) is 1. The minimum Gasteiger partial charge on any atom is -0.481 e. The van der Waals surface area contributed by atoms with Crippen LogP contribution in [0.15, 0.2) is 60.2 Å². The van der Waals surface area contributed by atoms with Gasteiger partial charge in [-0.2, -0.15) is 0 Å². The van der Waals surface area contributed by atoms with Crippen molar-refractivity contribution < 1.29 is 19.8 Å². The molecule has 7 N–H and O–H groups in total. The Morgan fingerprint density at radius 3 is 1.78 bits per heavy atom. The summed E-state index contributed by atoms with van der Waals surface area (Å²) in [7, 11) is 0. The van der Waals surface area contributed by atoms with Crippen molar-refractivity contribution in [1.29, 1.82) is 5.41 Å². The smallest absolute Gasteiger partial charge is 0.331 e. The maximum atomic E-state index is 10.8. The lowest BCUT2D eigenvalue weighted by molar-refractivity contribution is -0.145. The minimum atomic E-state index is -1.08. The van der Waals surface area contributed by atoms with E-state index >= 15 is 0 Å². The fourth-order valence-electron chi connectivity index (χ4n) is 1.57. The summed E-state index contributed by atoms with van der Waals surface area (Å²) >= 11 is 0. The first-order valence-electron chi connectivity index (χ1n) is 6.63. The lowest BCUT2D eigenvalue weighted by atomic mass is 9.80. The Hall–Kier alpha value is -3.09. The molecule has 23 heavy (non-hydrogen) atoms. The normalized spacial score (nSPS) is 18.2. The van der Waals surface area contributed by atoms with Crippen molar-refractivity contribution >= 4 is 17.9 Å². The van der Waals surface area contributed by atoms with Crippen LogP contribution in [-0.2, 0) is 9.59 Å². The van der Waals surface area contributed by atoms with E-state index in [1.807, 2.05) is 36.4 Å². The first-order valence-corrected chi connectivity index (χ1v) is 6.63. The highest BCUT2D eigenvalue weighted by Crippen LogP contribution is 2.31. The van der Waals surface area contributed by atoms with Crippen molar-refractivity contribution in [2.75, 3.05) is 0 Å². The second kappa shape index (κ2) is 9.78. The molecule has 1 aliphatic rings. The van der Waals surface area contributed by atoms with Gasteiger partial charge in [0.25, 0.3) is 0 Å². The summed E-state index contributed by atoms with van der Waals surface area (Å²) < 4.78 is 0. The summed E-state index contributed by atoms with van der Waals surface area (Å²) in [6, 6.07) is 12.0. The van der Waals surface area contributed by atoms with Crippen molar-refractivity contribution in [2.45, 2.75) is 13.3 Å². The molecule has 7 heteroatoms. The molecule has 1 aromatic carbocycles. The van der Waals surface area contributed by atoms with E-state index in [2.05, 4.69) is 11.5 Å². The number of aliphatic carboxylic acids is 2. The van der Waals surface area contributed by atoms with E-state index in [0.717, 1.165) is 0 Å². The molecule has 0 bridgehead atoms. The third-order valence-electron chi connectivity index (χ3n) is 2.75. The molecule has 1 aromatic rings. The molecular weight excluding hydrogens is 298 g/mol. The number of hydrogen-bond donors (Lipinski definition) is 5. The average molecular weight is 319 g/mol. The molecule has 0 aliphatic heterocycles. The predicted molar refractivity (Wildman–Crippen MR) is 87.8 cm³/mol. The Labute approximate surface area is 134 Å². The zero-order chi connectivity index (χ0) is 17.9. The summed E-state index contributed by atoms with van der Waals surface area (Å²) in [5.41, 5.74) is 8.00. The number of benzene rings is 1. The zero-order valence-corrected chi connectivity index (χ0v) is 12.8. The maximum absolute atomic E-state index is 10.8. The summed E-state index contributed by atoms with van der Waals surface area (Å²) in [6.07, 6.45) is 4.43. The highest BCUT2D eigenvalue weighted by atomic mass is 16.4. The Bertz CT molecular complexity index is 566. The van der Waals surface area contributed by atoms with E-state index in [0.29, 0.717) is 0 Å². The van der Waals surface area contributed by atoms with Gasteiger partial charge in [-0.15, -0.1) is 0 Å². The highest BCUT2D eigenvalue weighted by Gasteiger charge is 2.34. The monoisotopic (exact) mass is 319 g/mol. The van der Waals surface area contributed by atoms with Crippen molar-refractivity contribution in [3.8, 4) is 0 Å². The first kappa shape index (κ1) is 19.9. The number of carboxylic acid groups (broad SMARTS) is 2.